The Morgan fingerprint density at radius 1 is 1.12 bits per heavy atom. The van der Waals surface area contributed by atoms with Crippen LogP contribution in [-0.4, -0.2) is 25.3 Å². The lowest BCUT2D eigenvalue weighted by molar-refractivity contribution is -0.138. The Hall–Kier alpha value is -1.94. The van der Waals surface area contributed by atoms with Crippen LogP contribution in [0.4, 0.5) is 0 Å². The number of rotatable bonds is 5. The van der Waals surface area contributed by atoms with E-state index in [2.05, 4.69) is 13.8 Å². The fourth-order valence-corrected chi connectivity index (χ4v) is 5.82. The molecule has 0 radical (unpaired) electrons. The highest BCUT2D eigenvalue weighted by Crippen LogP contribution is 2.68. The third-order valence-corrected chi connectivity index (χ3v) is 6.86. The van der Waals surface area contributed by atoms with Gasteiger partial charge in [-0.25, -0.2) is 0 Å². The van der Waals surface area contributed by atoms with Gasteiger partial charge in [-0.15, -0.1) is 0 Å². The largest absolute Gasteiger partial charge is 0.493 e. The summed E-state index contributed by atoms with van der Waals surface area (Å²) in [5.41, 5.74) is 0.973. The van der Waals surface area contributed by atoms with E-state index in [0.717, 1.165) is 30.4 Å². The Labute approximate surface area is 154 Å². The first-order chi connectivity index (χ1) is 12.4. The van der Waals surface area contributed by atoms with Crippen molar-refractivity contribution in [1.82, 2.24) is 0 Å². The average Bonchev–Trinajstić information content (AvgIpc) is 3.11. The van der Waals surface area contributed by atoms with Crippen molar-refractivity contribution in [1.29, 1.82) is 0 Å². The number of ether oxygens (including phenoxy) is 2. The van der Waals surface area contributed by atoms with Crippen LogP contribution >= 0.6 is 0 Å². The topological polar surface area (TPSA) is 52.6 Å². The quantitative estimate of drug-likeness (QED) is 0.757. The minimum Gasteiger partial charge on any atom is -0.493 e. The summed E-state index contributed by atoms with van der Waals surface area (Å²) in [6.45, 7) is 4.88. The van der Waals surface area contributed by atoms with Crippen molar-refractivity contribution < 1.29 is 19.1 Å². The second-order valence-electron chi connectivity index (χ2n) is 8.39. The molecule has 1 aromatic carbocycles. The van der Waals surface area contributed by atoms with Gasteiger partial charge in [0.05, 0.1) is 31.7 Å². The monoisotopic (exact) mass is 354 g/mol. The first-order valence-electron chi connectivity index (χ1n) is 9.42. The maximum atomic E-state index is 13.4. The summed E-state index contributed by atoms with van der Waals surface area (Å²) in [7, 11) is 1.53. The third kappa shape index (κ3) is 2.18. The molecule has 0 aromatic heterocycles. The highest BCUT2D eigenvalue weighted by Gasteiger charge is 2.71. The number of benzene rings is 1. The summed E-state index contributed by atoms with van der Waals surface area (Å²) < 4.78 is 11.5. The summed E-state index contributed by atoms with van der Waals surface area (Å²) in [5, 5.41) is 0. The molecular weight excluding hydrogens is 328 g/mol. The van der Waals surface area contributed by atoms with E-state index >= 15 is 0 Å². The lowest BCUT2D eigenvalue weighted by Gasteiger charge is -2.35. The predicted octanol–water partition coefficient (Wildman–Crippen LogP) is 3.70. The van der Waals surface area contributed by atoms with Crippen LogP contribution in [0.1, 0.15) is 38.7 Å². The standard InChI is InChI=1S/C22H26O4/c1-21(2)16-10-7-11-22(16)15(13-26-12-14-8-5-4-6-9-14)19(25-3)18(23)17(21)20(22)24/h4-6,8-9,16-17H,7,10-13H2,1-3H3/t16?,17-,22-/m0/s1. The number of Topliss-reactive ketones (excluding diaryl/α,β-unsaturated/α-hetero) is 2. The molecule has 3 aliphatic rings. The van der Waals surface area contributed by atoms with E-state index in [1.165, 1.54) is 7.11 Å². The van der Waals surface area contributed by atoms with E-state index in [1.807, 2.05) is 30.3 Å². The number of carbonyl (C=O) groups is 2. The van der Waals surface area contributed by atoms with Crippen molar-refractivity contribution in [3.8, 4) is 0 Å². The predicted molar refractivity (Wildman–Crippen MR) is 97.2 cm³/mol. The summed E-state index contributed by atoms with van der Waals surface area (Å²) in [6.07, 6.45) is 2.81. The zero-order valence-electron chi connectivity index (χ0n) is 15.7. The Morgan fingerprint density at radius 3 is 2.54 bits per heavy atom. The highest BCUT2D eigenvalue weighted by atomic mass is 16.5. The molecule has 0 heterocycles. The molecule has 2 fully saturated rings. The van der Waals surface area contributed by atoms with Gasteiger partial charge >= 0.3 is 0 Å². The van der Waals surface area contributed by atoms with Crippen molar-refractivity contribution in [2.45, 2.75) is 39.7 Å². The first kappa shape index (κ1) is 17.5. The minimum absolute atomic E-state index is 0.106. The maximum Gasteiger partial charge on any atom is 0.208 e. The number of hydrogen-bond donors (Lipinski definition) is 0. The molecule has 2 saturated carbocycles. The Morgan fingerprint density at radius 2 is 1.85 bits per heavy atom. The van der Waals surface area contributed by atoms with Crippen molar-refractivity contribution >= 4 is 11.6 Å². The fourth-order valence-electron chi connectivity index (χ4n) is 5.82. The molecule has 0 amide bonds. The molecule has 2 bridgehead atoms. The smallest absolute Gasteiger partial charge is 0.208 e. The van der Waals surface area contributed by atoms with E-state index < -0.39 is 11.3 Å². The Bertz CT molecular complexity index is 777. The number of allylic oxidation sites excluding steroid dienone is 1. The van der Waals surface area contributed by atoms with Crippen molar-refractivity contribution in [2.24, 2.45) is 22.7 Å². The SMILES string of the molecule is COC1=C(COCc2ccccc2)[C@@]23CCCC2C(C)(C)[C@@H](C1=O)C3=O. The normalized spacial score (nSPS) is 32.1. The molecular formula is C22H26O4. The summed E-state index contributed by atoms with van der Waals surface area (Å²) in [4.78, 5) is 26.4. The molecule has 4 nitrogen and oxygen atoms in total. The van der Waals surface area contributed by atoms with E-state index in [1.54, 1.807) is 0 Å². The second kappa shape index (κ2) is 6.05. The van der Waals surface area contributed by atoms with E-state index in [-0.39, 0.29) is 29.5 Å². The van der Waals surface area contributed by atoms with Gasteiger partial charge < -0.3 is 9.47 Å². The van der Waals surface area contributed by atoms with Crippen LogP contribution < -0.4 is 0 Å². The molecule has 3 aliphatic carbocycles. The first-order valence-corrected chi connectivity index (χ1v) is 9.42. The number of fused-ring (bicyclic) bond motifs is 1. The van der Waals surface area contributed by atoms with Gasteiger partial charge in [0, 0.05) is 5.57 Å². The van der Waals surface area contributed by atoms with Gasteiger partial charge in [-0.05, 0) is 29.7 Å². The number of carbonyl (C=O) groups excluding carboxylic acids is 2. The van der Waals surface area contributed by atoms with E-state index in [9.17, 15) is 9.59 Å². The molecule has 0 saturated heterocycles. The zero-order valence-corrected chi connectivity index (χ0v) is 15.7. The zero-order chi connectivity index (χ0) is 18.5. The summed E-state index contributed by atoms with van der Waals surface area (Å²) >= 11 is 0. The van der Waals surface area contributed by atoms with Crippen molar-refractivity contribution in [3.63, 3.8) is 0 Å². The van der Waals surface area contributed by atoms with Gasteiger partial charge in [0.2, 0.25) is 5.78 Å². The van der Waals surface area contributed by atoms with Gasteiger partial charge in [0.15, 0.2) is 11.5 Å². The van der Waals surface area contributed by atoms with Crippen LogP contribution in [0.15, 0.2) is 41.7 Å². The minimum atomic E-state index is -0.569. The number of ketones is 2. The molecule has 0 aliphatic heterocycles. The molecule has 1 unspecified atom stereocenters. The molecule has 4 heteroatoms. The van der Waals surface area contributed by atoms with Crippen LogP contribution in [-0.2, 0) is 25.7 Å². The Balaban J connectivity index is 1.69. The van der Waals surface area contributed by atoms with Gasteiger partial charge in [-0.1, -0.05) is 50.6 Å². The highest BCUT2D eigenvalue weighted by molar-refractivity contribution is 6.18. The maximum absolute atomic E-state index is 13.4. The van der Waals surface area contributed by atoms with Crippen LogP contribution in [0.3, 0.4) is 0 Å². The van der Waals surface area contributed by atoms with E-state index in [4.69, 9.17) is 9.47 Å². The third-order valence-electron chi connectivity index (χ3n) is 6.86. The molecule has 4 rings (SSSR count). The fraction of sp³-hybridized carbons (Fsp3) is 0.545. The van der Waals surface area contributed by atoms with Crippen LogP contribution in [0, 0.1) is 22.7 Å². The number of methoxy groups -OCH3 is 1. The van der Waals surface area contributed by atoms with Crippen LogP contribution in [0.5, 0.6) is 0 Å². The Kier molecular flexibility index (Phi) is 4.07. The van der Waals surface area contributed by atoms with Gasteiger partial charge in [-0.3, -0.25) is 9.59 Å². The lowest BCUT2D eigenvalue weighted by atomic mass is 9.68. The van der Waals surface area contributed by atoms with Crippen LogP contribution in [0.2, 0.25) is 0 Å². The molecule has 26 heavy (non-hydrogen) atoms. The van der Waals surface area contributed by atoms with Crippen molar-refractivity contribution in [3.05, 3.63) is 47.2 Å². The molecule has 138 valence electrons. The lowest BCUT2D eigenvalue weighted by Crippen LogP contribution is -2.42. The van der Waals surface area contributed by atoms with E-state index in [0.29, 0.717) is 12.4 Å². The molecule has 0 N–H and O–H groups in total. The second-order valence-corrected chi connectivity index (χ2v) is 8.39. The van der Waals surface area contributed by atoms with Gasteiger partial charge in [0.1, 0.15) is 0 Å². The molecule has 3 atom stereocenters. The molecule has 1 aromatic rings. The molecule has 1 spiro atoms. The summed E-state index contributed by atoms with van der Waals surface area (Å²) in [5.74, 6) is -0.0462. The van der Waals surface area contributed by atoms with Gasteiger partial charge in [-0.2, -0.15) is 0 Å². The average molecular weight is 354 g/mol. The summed E-state index contributed by atoms with van der Waals surface area (Å²) in [6, 6.07) is 9.93. The van der Waals surface area contributed by atoms with Crippen LogP contribution in [0.25, 0.3) is 0 Å². The van der Waals surface area contributed by atoms with Gasteiger partial charge in [0.25, 0.3) is 0 Å². The van der Waals surface area contributed by atoms with Crippen molar-refractivity contribution in [2.75, 3.05) is 13.7 Å². The number of hydrogen-bond acceptors (Lipinski definition) is 4.